The number of hydrogen-bond acceptors (Lipinski definition) is 2. The van der Waals surface area contributed by atoms with E-state index in [4.69, 9.17) is 0 Å². The molecule has 0 atom stereocenters. The molecule has 0 spiro atoms. The molecule has 1 aromatic heterocycles. The minimum absolute atomic E-state index is 0.0378. The lowest BCUT2D eigenvalue weighted by molar-refractivity contribution is 0.332. The Morgan fingerprint density at radius 2 is 1.20 bits per heavy atom. The molecule has 0 amide bonds. The summed E-state index contributed by atoms with van der Waals surface area (Å²) in [5, 5.41) is 2.77. The van der Waals surface area contributed by atoms with Crippen molar-refractivity contribution in [3.63, 3.8) is 0 Å². The number of aryl methyl sites for hydroxylation is 3. The molecule has 1 aliphatic heterocycles. The molecule has 0 bridgehead atoms. The first-order valence-corrected chi connectivity index (χ1v) is 23.7. The van der Waals surface area contributed by atoms with Gasteiger partial charge in [-0.3, -0.25) is 0 Å². The van der Waals surface area contributed by atoms with Crippen molar-refractivity contribution in [1.29, 1.82) is 0 Å². The van der Waals surface area contributed by atoms with E-state index in [0.29, 0.717) is 0 Å². The zero-order valence-electron chi connectivity index (χ0n) is 40.5. The highest BCUT2D eigenvalue weighted by molar-refractivity contribution is 7.26. The van der Waals surface area contributed by atoms with Crippen molar-refractivity contribution in [3.8, 4) is 0 Å². The Balaban J connectivity index is 1.51. The van der Waals surface area contributed by atoms with Crippen molar-refractivity contribution in [1.82, 2.24) is 0 Å². The number of rotatable bonds is 4. The van der Waals surface area contributed by atoms with Crippen molar-refractivity contribution in [2.75, 3.05) is 4.90 Å². The van der Waals surface area contributed by atoms with Gasteiger partial charge >= 0.3 is 0 Å². The highest BCUT2D eigenvalue weighted by Crippen LogP contribution is 2.51. The molecule has 5 aromatic carbocycles. The van der Waals surface area contributed by atoms with Gasteiger partial charge in [0.1, 0.15) is 0 Å². The monoisotopic (exact) mass is 824 g/mol. The lowest BCUT2D eigenvalue weighted by Gasteiger charge is -2.42. The van der Waals surface area contributed by atoms with Crippen LogP contribution in [0.25, 0.3) is 21.7 Å². The van der Waals surface area contributed by atoms with Crippen LogP contribution >= 0.6 is 11.3 Å². The van der Waals surface area contributed by atoms with E-state index in [1.54, 1.807) is 0 Å². The lowest BCUT2D eigenvalue weighted by Crippen LogP contribution is -2.58. The molecule has 1 aliphatic carbocycles. The number of hydrogen-bond donors (Lipinski definition) is 0. The molecule has 2 aliphatic rings. The third-order valence-electron chi connectivity index (χ3n) is 14.3. The van der Waals surface area contributed by atoms with Crippen LogP contribution in [0.4, 0.5) is 16.4 Å². The van der Waals surface area contributed by atoms with Gasteiger partial charge < -0.3 is 4.90 Å². The van der Waals surface area contributed by atoms with Crippen LogP contribution in [0.3, 0.4) is 0 Å². The van der Waals surface area contributed by atoms with E-state index < -0.39 is 0 Å². The largest absolute Gasteiger partial charge is 0.303 e. The van der Waals surface area contributed by atoms with Gasteiger partial charge in [-0.1, -0.05) is 168 Å². The quantitative estimate of drug-likeness (QED) is 0.126. The number of benzene rings is 5. The van der Waals surface area contributed by atoms with E-state index >= 15 is 0 Å². The summed E-state index contributed by atoms with van der Waals surface area (Å²) < 4.78 is 1.40. The Bertz CT molecular complexity index is 2750. The van der Waals surface area contributed by atoms with Gasteiger partial charge in [0.05, 0.1) is 5.00 Å². The van der Waals surface area contributed by atoms with Gasteiger partial charge in [-0.25, -0.2) is 0 Å². The summed E-state index contributed by atoms with van der Waals surface area (Å²) in [5.41, 5.74) is 22.2. The van der Waals surface area contributed by atoms with Crippen LogP contribution in [0.5, 0.6) is 0 Å². The van der Waals surface area contributed by atoms with Gasteiger partial charge in [0.25, 0.3) is 0 Å². The molecule has 8 rings (SSSR count). The zero-order valence-corrected chi connectivity index (χ0v) is 41.3. The number of allylic oxidation sites excluding steroid dienone is 1. The number of thiophene rings is 1. The van der Waals surface area contributed by atoms with Crippen LogP contribution < -0.4 is 21.3 Å². The molecule has 0 N–H and O–H groups in total. The summed E-state index contributed by atoms with van der Waals surface area (Å²) in [6, 6.07) is 34.0. The fourth-order valence-electron chi connectivity index (χ4n) is 10.3. The molecular weight excluding hydrogens is 754 g/mol. The molecule has 6 aromatic rings. The van der Waals surface area contributed by atoms with Gasteiger partial charge in [-0.15, -0.1) is 11.3 Å². The molecule has 2 heterocycles. The molecule has 61 heavy (non-hydrogen) atoms. The maximum Gasteiger partial charge on any atom is 0.249 e. The zero-order chi connectivity index (χ0) is 44.4. The molecular formula is C58H70BNS. The van der Waals surface area contributed by atoms with Crippen LogP contribution in [0.15, 0.2) is 84.9 Å². The Morgan fingerprint density at radius 3 is 1.79 bits per heavy atom. The fraction of sp³-hybridized carbons (Fsp3) is 0.414. The van der Waals surface area contributed by atoms with E-state index in [9.17, 15) is 0 Å². The standard InChI is InChI=1S/C58H70BNS/c1-35-27-43(36(2)29-39-19-18-20-40(32-39)54(5,6)7)51-49(28-35)60(48-24-22-42(31-38(48)4)56(11,12)13)53-52(59(51)47-23-21-41(30-37(47)3)55(8,9)10)44-33-45-46(34-50(44)61-53)58(16,17)26-25-57(45,14)15/h18-24,27-34H,25-26H2,1-17H3/b36-29-. The van der Waals surface area contributed by atoms with Gasteiger partial charge in [-0.05, 0) is 164 Å². The Hall–Kier alpha value is -4.34. The van der Waals surface area contributed by atoms with Gasteiger partial charge in [0.2, 0.25) is 6.71 Å². The number of fused-ring (bicyclic) bond motifs is 5. The van der Waals surface area contributed by atoms with E-state index in [-0.39, 0.29) is 33.8 Å². The van der Waals surface area contributed by atoms with Crippen LogP contribution in [0.1, 0.15) is 165 Å². The summed E-state index contributed by atoms with van der Waals surface area (Å²) >= 11 is 2.01. The number of nitrogens with zero attached hydrogens (tertiary/aromatic N) is 1. The topological polar surface area (TPSA) is 3.24 Å². The van der Waals surface area contributed by atoms with Gasteiger partial charge in [0, 0.05) is 16.1 Å². The Kier molecular flexibility index (Phi) is 10.4. The molecule has 0 saturated carbocycles. The maximum atomic E-state index is 2.67. The van der Waals surface area contributed by atoms with Crippen LogP contribution in [0, 0.1) is 20.8 Å². The van der Waals surface area contributed by atoms with Crippen LogP contribution in [-0.2, 0) is 27.1 Å². The Labute approximate surface area is 373 Å². The van der Waals surface area contributed by atoms with Crippen LogP contribution in [-0.4, -0.2) is 6.71 Å². The Morgan fingerprint density at radius 1 is 0.623 bits per heavy atom. The second-order valence-electron chi connectivity index (χ2n) is 23.3. The maximum absolute atomic E-state index is 2.67. The minimum Gasteiger partial charge on any atom is -0.303 e. The predicted molar refractivity (Wildman–Crippen MR) is 273 cm³/mol. The first kappa shape index (κ1) is 43.3. The normalized spacial score (nSPS) is 16.4. The summed E-state index contributed by atoms with van der Waals surface area (Å²) in [5.74, 6) is 0. The highest BCUT2D eigenvalue weighted by Gasteiger charge is 2.43. The van der Waals surface area contributed by atoms with Crippen molar-refractivity contribution < 1.29 is 0 Å². The van der Waals surface area contributed by atoms with E-state index in [1.165, 1.54) is 117 Å². The number of anilines is 3. The van der Waals surface area contributed by atoms with Crippen molar-refractivity contribution in [2.45, 2.75) is 158 Å². The van der Waals surface area contributed by atoms with E-state index in [2.05, 4.69) is 214 Å². The third-order valence-corrected chi connectivity index (χ3v) is 15.5. The third kappa shape index (κ3) is 7.66. The molecule has 3 heteroatoms. The average Bonchev–Trinajstić information content (AvgIpc) is 3.52. The summed E-state index contributed by atoms with van der Waals surface area (Å²) in [6.45, 7) is 40.2. The van der Waals surface area contributed by atoms with E-state index in [0.717, 1.165) is 0 Å². The molecule has 0 fully saturated rings. The SMILES string of the molecule is C/C(=C/c1cccc(C(C)(C)C)c1)c1cc(C)cc2c1B(c1ccc(C(C)(C)C)cc1C)c1c(sc3cc4c(cc13)C(C)(C)CCC4(C)C)N2c1ccc(C(C)(C)C)cc1C. The van der Waals surface area contributed by atoms with Gasteiger partial charge in [-0.2, -0.15) is 0 Å². The molecule has 0 radical (unpaired) electrons. The summed E-state index contributed by atoms with van der Waals surface area (Å²) in [7, 11) is 0. The second kappa shape index (κ2) is 14.6. The first-order valence-electron chi connectivity index (χ1n) is 22.8. The van der Waals surface area contributed by atoms with Crippen molar-refractivity contribution in [3.05, 3.63) is 141 Å². The molecule has 0 saturated heterocycles. The smallest absolute Gasteiger partial charge is 0.249 e. The predicted octanol–water partition coefficient (Wildman–Crippen LogP) is 14.9. The van der Waals surface area contributed by atoms with Crippen molar-refractivity contribution in [2.24, 2.45) is 0 Å². The van der Waals surface area contributed by atoms with E-state index in [1.807, 2.05) is 11.3 Å². The summed E-state index contributed by atoms with van der Waals surface area (Å²) in [6.07, 6.45) is 4.84. The summed E-state index contributed by atoms with van der Waals surface area (Å²) in [4.78, 5) is 2.67. The molecule has 0 unspecified atom stereocenters. The van der Waals surface area contributed by atoms with Crippen LogP contribution in [0.2, 0.25) is 0 Å². The fourth-order valence-corrected chi connectivity index (χ4v) is 11.6. The lowest BCUT2D eigenvalue weighted by atomic mass is 9.33. The molecule has 1 nitrogen and oxygen atoms in total. The minimum atomic E-state index is 0.0378. The van der Waals surface area contributed by atoms with Crippen molar-refractivity contribution >= 4 is 72.5 Å². The molecule has 316 valence electrons. The van der Waals surface area contributed by atoms with Gasteiger partial charge in [0.15, 0.2) is 0 Å². The first-order chi connectivity index (χ1) is 28.3. The highest BCUT2D eigenvalue weighted by atomic mass is 32.1. The average molecular weight is 824 g/mol. The second-order valence-corrected chi connectivity index (χ2v) is 24.3.